The standard InChI is InChI=1S/C17H18N2O2S/c1-3-21-15-10-6-13(7-11-15)16(20)19-17(22)18-14-8-4-12(2)5-9-14/h4-11H,3H2,1-2H3,(H2,18,19,20,22). The Morgan fingerprint density at radius 1 is 1.09 bits per heavy atom. The van der Waals surface area contributed by atoms with Gasteiger partial charge in [0.1, 0.15) is 5.75 Å². The van der Waals surface area contributed by atoms with Gasteiger partial charge in [-0.3, -0.25) is 10.1 Å². The van der Waals surface area contributed by atoms with Crippen LogP contribution in [0.2, 0.25) is 0 Å². The van der Waals surface area contributed by atoms with E-state index in [9.17, 15) is 4.79 Å². The van der Waals surface area contributed by atoms with Crippen molar-refractivity contribution >= 4 is 28.9 Å². The third kappa shape index (κ3) is 4.56. The summed E-state index contributed by atoms with van der Waals surface area (Å²) in [7, 11) is 0. The van der Waals surface area contributed by atoms with Gasteiger partial charge in [0.2, 0.25) is 0 Å². The zero-order valence-electron chi connectivity index (χ0n) is 12.6. The van der Waals surface area contributed by atoms with Crippen LogP contribution in [0, 0.1) is 6.92 Å². The number of nitrogens with one attached hydrogen (secondary N) is 2. The SMILES string of the molecule is CCOc1ccc(C(=O)NC(=S)Nc2ccc(C)cc2)cc1. The maximum atomic E-state index is 12.1. The second kappa shape index (κ2) is 7.56. The monoisotopic (exact) mass is 314 g/mol. The fourth-order valence-corrected chi connectivity index (χ4v) is 2.05. The Hall–Kier alpha value is -2.40. The highest BCUT2D eigenvalue weighted by atomic mass is 32.1. The minimum atomic E-state index is -0.257. The zero-order valence-corrected chi connectivity index (χ0v) is 13.4. The van der Waals surface area contributed by atoms with Crippen molar-refractivity contribution in [2.24, 2.45) is 0 Å². The van der Waals surface area contributed by atoms with Crippen LogP contribution in [0.25, 0.3) is 0 Å². The van der Waals surface area contributed by atoms with Crippen LogP contribution in [0.5, 0.6) is 5.75 Å². The Labute approximate surface area is 135 Å². The van der Waals surface area contributed by atoms with Gasteiger partial charge in [0, 0.05) is 11.3 Å². The maximum absolute atomic E-state index is 12.1. The molecule has 5 heteroatoms. The van der Waals surface area contributed by atoms with Crippen LogP contribution < -0.4 is 15.4 Å². The van der Waals surface area contributed by atoms with E-state index in [1.165, 1.54) is 0 Å². The Kier molecular flexibility index (Phi) is 5.49. The molecule has 2 aromatic carbocycles. The van der Waals surface area contributed by atoms with Gasteiger partial charge in [-0.15, -0.1) is 0 Å². The van der Waals surface area contributed by atoms with Crippen LogP contribution in [0.3, 0.4) is 0 Å². The molecule has 4 nitrogen and oxygen atoms in total. The molecule has 1 amide bonds. The second-order valence-corrected chi connectivity index (χ2v) is 5.14. The Bertz CT molecular complexity index is 651. The van der Waals surface area contributed by atoms with E-state index in [1.807, 2.05) is 38.1 Å². The molecule has 0 atom stereocenters. The number of amides is 1. The van der Waals surface area contributed by atoms with Crippen LogP contribution >= 0.6 is 12.2 Å². The maximum Gasteiger partial charge on any atom is 0.257 e. The van der Waals surface area contributed by atoms with Crippen LogP contribution in [0.1, 0.15) is 22.8 Å². The number of hydrogen-bond acceptors (Lipinski definition) is 3. The molecular formula is C17H18N2O2S. The summed E-state index contributed by atoms with van der Waals surface area (Å²) in [6.45, 7) is 4.52. The van der Waals surface area contributed by atoms with Crippen LogP contribution in [0.4, 0.5) is 5.69 Å². The topological polar surface area (TPSA) is 50.4 Å². The number of rotatable bonds is 4. The van der Waals surface area contributed by atoms with Crippen molar-refractivity contribution in [3.63, 3.8) is 0 Å². The number of hydrogen-bond donors (Lipinski definition) is 2. The summed E-state index contributed by atoms with van der Waals surface area (Å²) in [5.41, 5.74) is 2.52. The van der Waals surface area contributed by atoms with Crippen molar-refractivity contribution < 1.29 is 9.53 Å². The molecule has 0 bridgehead atoms. The molecule has 0 saturated carbocycles. The van der Waals surface area contributed by atoms with Gasteiger partial charge < -0.3 is 10.1 Å². The van der Waals surface area contributed by atoms with E-state index in [4.69, 9.17) is 17.0 Å². The number of carbonyl (C=O) groups excluding carboxylic acids is 1. The molecule has 0 aliphatic carbocycles. The summed E-state index contributed by atoms with van der Waals surface area (Å²) < 4.78 is 5.34. The van der Waals surface area contributed by atoms with Gasteiger partial charge in [0.25, 0.3) is 5.91 Å². The lowest BCUT2D eigenvalue weighted by atomic mass is 10.2. The molecule has 2 N–H and O–H groups in total. The summed E-state index contributed by atoms with van der Waals surface area (Å²) >= 11 is 5.14. The van der Waals surface area contributed by atoms with Gasteiger partial charge in [0.05, 0.1) is 6.61 Å². The molecular weight excluding hydrogens is 296 g/mol. The molecule has 114 valence electrons. The van der Waals surface area contributed by atoms with E-state index >= 15 is 0 Å². The molecule has 0 fully saturated rings. The minimum Gasteiger partial charge on any atom is -0.494 e. The molecule has 0 spiro atoms. The van der Waals surface area contributed by atoms with E-state index in [1.54, 1.807) is 24.3 Å². The van der Waals surface area contributed by atoms with Crippen molar-refractivity contribution in [2.45, 2.75) is 13.8 Å². The minimum absolute atomic E-state index is 0.257. The Morgan fingerprint density at radius 3 is 2.32 bits per heavy atom. The third-order valence-electron chi connectivity index (χ3n) is 2.96. The predicted molar refractivity (Wildman–Crippen MR) is 92.5 cm³/mol. The van der Waals surface area contributed by atoms with Crippen LogP contribution in [-0.2, 0) is 0 Å². The summed E-state index contributed by atoms with van der Waals surface area (Å²) in [4.78, 5) is 12.1. The van der Waals surface area contributed by atoms with Crippen LogP contribution in [-0.4, -0.2) is 17.6 Å². The van der Waals surface area contributed by atoms with Gasteiger partial charge >= 0.3 is 0 Å². The second-order valence-electron chi connectivity index (χ2n) is 4.73. The third-order valence-corrected chi connectivity index (χ3v) is 3.17. The highest BCUT2D eigenvalue weighted by Gasteiger charge is 2.08. The molecule has 0 aliphatic heterocycles. The Morgan fingerprint density at radius 2 is 1.73 bits per heavy atom. The molecule has 2 rings (SSSR count). The molecule has 22 heavy (non-hydrogen) atoms. The molecule has 0 unspecified atom stereocenters. The number of aryl methyl sites for hydroxylation is 1. The fourth-order valence-electron chi connectivity index (χ4n) is 1.84. The first kappa shape index (κ1) is 16.0. The van der Waals surface area contributed by atoms with E-state index in [0.29, 0.717) is 12.2 Å². The number of thiocarbonyl (C=S) groups is 1. The molecule has 0 saturated heterocycles. The molecule has 0 heterocycles. The first-order valence-corrected chi connectivity index (χ1v) is 7.41. The van der Waals surface area contributed by atoms with Crippen molar-refractivity contribution in [3.05, 3.63) is 59.7 Å². The molecule has 0 radical (unpaired) electrons. The summed E-state index contributed by atoms with van der Waals surface area (Å²) in [5.74, 6) is 0.479. The van der Waals surface area contributed by atoms with Crippen molar-refractivity contribution in [2.75, 3.05) is 11.9 Å². The predicted octanol–water partition coefficient (Wildman–Crippen LogP) is 3.52. The highest BCUT2D eigenvalue weighted by Crippen LogP contribution is 2.12. The average Bonchev–Trinajstić information content (AvgIpc) is 2.50. The first-order chi connectivity index (χ1) is 10.6. The normalized spacial score (nSPS) is 9.91. The van der Waals surface area contributed by atoms with Crippen LogP contribution in [0.15, 0.2) is 48.5 Å². The van der Waals surface area contributed by atoms with Crippen molar-refractivity contribution in [3.8, 4) is 5.75 Å². The van der Waals surface area contributed by atoms with Gasteiger partial charge in [0.15, 0.2) is 5.11 Å². The highest BCUT2D eigenvalue weighted by molar-refractivity contribution is 7.80. The Balaban J connectivity index is 1.93. The van der Waals surface area contributed by atoms with Gasteiger partial charge in [-0.2, -0.15) is 0 Å². The lowest BCUT2D eigenvalue weighted by Gasteiger charge is -2.10. The summed E-state index contributed by atoms with van der Waals surface area (Å²) in [6.07, 6.45) is 0. The number of carbonyl (C=O) groups is 1. The number of anilines is 1. The first-order valence-electron chi connectivity index (χ1n) is 7.00. The smallest absolute Gasteiger partial charge is 0.257 e. The van der Waals surface area contributed by atoms with Gasteiger partial charge in [-0.25, -0.2) is 0 Å². The van der Waals surface area contributed by atoms with Gasteiger partial charge in [-0.1, -0.05) is 17.7 Å². The quantitative estimate of drug-likeness (QED) is 0.848. The summed E-state index contributed by atoms with van der Waals surface area (Å²) in [6, 6.07) is 14.7. The van der Waals surface area contributed by atoms with E-state index in [2.05, 4.69) is 10.6 Å². The van der Waals surface area contributed by atoms with E-state index in [0.717, 1.165) is 17.0 Å². The fraction of sp³-hybridized carbons (Fsp3) is 0.176. The largest absolute Gasteiger partial charge is 0.494 e. The van der Waals surface area contributed by atoms with Gasteiger partial charge in [-0.05, 0) is 62.5 Å². The lowest BCUT2D eigenvalue weighted by molar-refractivity contribution is 0.0977. The van der Waals surface area contributed by atoms with E-state index < -0.39 is 0 Å². The lowest BCUT2D eigenvalue weighted by Crippen LogP contribution is -2.34. The zero-order chi connectivity index (χ0) is 15.9. The number of benzene rings is 2. The van der Waals surface area contributed by atoms with Crippen molar-refractivity contribution in [1.29, 1.82) is 0 Å². The number of ether oxygens (including phenoxy) is 1. The molecule has 0 aromatic heterocycles. The summed E-state index contributed by atoms with van der Waals surface area (Å²) in [5, 5.41) is 5.89. The molecule has 2 aromatic rings. The van der Waals surface area contributed by atoms with E-state index in [-0.39, 0.29) is 11.0 Å². The molecule has 0 aliphatic rings. The van der Waals surface area contributed by atoms with Crippen molar-refractivity contribution in [1.82, 2.24) is 5.32 Å². The average molecular weight is 314 g/mol.